The first kappa shape index (κ1) is 58.8. The fourth-order valence-corrected chi connectivity index (χ4v) is 6.75. The molecule has 0 amide bonds. The molecule has 0 aliphatic heterocycles. The van der Waals surface area contributed by atoms with Gasteiger partial charge in [0.2, 0.25) is 0 Å². The Morgan fingerprint density at radius 2 is 0.355 bits per heavy atom. The minimum Gasteiger partial charge on any atom is -0.466 e. The van der Waals surface area contributed by atoms with E-state index in [1.54, 1.807) is 0 Å². The Bertz CT molecular complexity index is 1010. The predicted molar refractivity (Wildman–Crippen MR) is 243 cm³/mol. The molecule has 0 aliphatic rings. The maximum absolute atomic E-state index is 12.0. The molecule has 0 rings (SSSR count). The molecule has 12 heteroatoms. The zero-order valence-corrected chi connectivity index (χ0v) is 39.6. The smallest absolute Gasteiger partial charge is 0.305 e. The molecule has 0 N–H and O–H groups in total. The number of rotatable bonds is 47. The van der Waals surface area contributed by atoms with Crippen molar-refractivity contribution in [3.8, 4) is 0 Å². The molecule has 0 atom stereocenters. The Balaban J connectivity index is 3.42. The van der Waals surface area contributed by atoms with Gasteiger partial charge in [0.15, 0.2) is 0 Å². The standard InChI is InChI=1S/C50H90O12/c1-3-5-7-27-39-57-45(51)33-21-15-9-11-17-23-35-47(53)59-41-29-31-43-61-49(55)37-25-19-13-14-20-26-38-50(56)62-44-32-30-42-60-48(54)36-24-18-12-10-16-22-34-46(52)58-40-28-8-6-4-2/h3-44H2,1-2H3. The van der Waals surface area contributed by atoms with Crippen LogP contribution in [0.15, 0.2) is 0 Å². The average molecular weight is 883 g/mol. The van der Waals surface area contributed by atoms with Crippen molar-refractivity contribution < 1.29 is 57.2 Å². The van der Waals surface area contributed by atoms with Gasteiger partial charge in [-0.3, -0.25) is 28.8 Å². The van der Waals surface area contributed by atoms with Gasteiger partial charge in [-0.25, -0.2) is 0 Å². The summed E-state index contributed by atoms with van der Waals surface area (Å²) in [5.74, 6) is -0.934. The highest BCUT2D eigenvalue weighted by molar-refractivity contribution is 5.71. The zero-order chi connectivity index (χ0) is 45.4. The van der Waals surface area contributed by atoms with E-state index in [2.05, 4.69) is 13.8 Å². The highest BCUT2D eigenvalue weighted by Gasteiger charge is 2.08. The number of carbonyl (C=O) groups excluding carboxylic acids is 6. The van der Waals surface area contributed by atoms with Crippen LogP contribution >= 0.6 is 0 Å². The zero-order valence-electron chi connectivity index (χ0n) is 39.6. The lowest BCUT2D eigenvalue weighted by Crippen LogP contribution is -2.09. The van der Waals surface area contributed by atoms with Crippen LogP contribution < -0.4 is 0 Å². The molecule has 0 heterocycles. The summed E-state index contributed by atoms with van der Waals surface area (Å²) < 4.78 is 31.7. The van der Waals surface area contributed by atoms with E-state index >= 15 is 0 Å². The van der Waals surface area contributed by atoms with Crippen LogP contribution in [0.1, 0.15) is 245 Å². The number of hydrogen-bond acceptors (Lipinski definition) is 12. The van der Waals surface area contributed by atoms with Gasteiger partial charge in [0.1, 0.15) is 0 Å². The highest BCUT2D eigenvalue weighted by atomic mass is 16.6. The van der Waals surface area contributed by atoms with Gasteiger partial charge in [-0.15, -0.1) is 0 Å². The summed E-state index contributed by atoms with van der Waals surface area (Å²) >= 11 is 0. The van der Waals surface area contributed by atoms with Gasteiger partial charge in [0.25, 0.3) is 0 Å². The minimum absolute atomic E-state index is 0.0909. The van der Waals surface area contributed by atoms with Gasteiger partial charge in [-0.1, -0.05) is 129 Å². The molecule has 0 aromatic carbocycles. The fourth-order valence-electron chi connectivity index (χ4n) is 6.75. The van der Waals surface area contributed by atoms with Crippen molar-refractivity contribution in [1.29, 1.82) is 0 Å². The predicted octanol–water partition coefficient (Wildman–Crippen LogP) is 12.3. The molecular weight excluding hydrogens is 793 g/mol. The quantitative estimate of drug-likeness (QED) is 0.0324. The molecule has 0 saturated carbocycles. The van der Waals surface area contributed by atoms with Crippen LogP contribution in [0.3, 0.4) is 0 Å². The van der Waals surface area contributed by atoms with Crippen LogP contribution in [0.4, 0.5) is 0 Å². The summed E-state index contributed by atoms with van der Waals surface area (Å²) in [6.45, 7) is 6.75. The Morgan fingerprint density at radius 1 is 0.210 bits per heavy atom. The number of hydrogen-bond donors (Lipinski definition) is 0. The van der Waals surface area contributed by atoms with Crippen LogP contribution in [0, 0.1) is 0 Å². The van der Waals surface area contributed by atoms with Crippen molar-refractivity contribution in [3.05, 3.63) is 0 Å². The van der Waals surface area contributed by atoms with E-state index in [1.807, 2.05) is 0 Å². The number of esters is 6. The Kier molecular flexibility index (Phi) is 44.9. The molecule has 0 fully saturated rings. The maximum Gasteiger partial charge on any atom is 0.305 e. The Morgan fingerprint density at radius 3 is 0.532 bits per heavy atom. The largest absolute Gasteiger partial charge is 0.466 e. The summed E-state index contributed by atoms with van der Waals surface area (Å²) in [5.41, 5.74) is 0. The van der Waals surface area contributed by atoms with Gasteiger partial charge in [-0.05, 0) is 77.0 Å². The lowest BCUT2D eigenvalue weighted by atomic mass is 10.1. The third kappa shape index (κ3) is 46.3. The normalized spacial score (nSPS) is 10.9. The van der Waals surface area contributed by atoms with Crippen molar-refractivity contribution in [2.45, 2.75) is 245 Å². The third-order valence-electron chi connectivity index (χ3n) is 10.7. The van der Waals surface area contributed by atoms with Gasteiger partial charge in [-0.2, -0.15) is 0 Å². The summed E-state index contributed by atoms with van der Waals surface area (Å²) in [4.78, 5) is 71.4. The van der Waals surface area contributed by atoms with Crippen LogP contribution in [0.2, 0.25) is 0 Å². The van der Waals surface area contributed by atoms with E-state index in [4.69, 9.17) is 28.4 Å². The average Bonchev–Trinajstić information content (AvgIpc) is 3.25. The summed E-state index contributed by atoms with van der Waals surface area (Å²) in [6, 6.07) is 0. The molecule has 0 bridgehead atoms. The van der Waals surface area contributed by atoms with E-state index in [1.165, 1.54) is 25.7 Å². The van der Waals surface area contributed by atoms with E-state index in [0.717, 1.165) is 141 Å². The van der Waals surface area contributed by atoms with Crippen LogP contribution in [-0.2, 0) is 57.2 Å². The van der Waals surface area contributed by atoms with E-state index in [-0.39, 0.29) is 35.8 Å². The molecule has 12 nitrogen and oxygen atoms in total. The lowest BCUT2D eigenvalue weighted by molar-refractivity contribution is -0.146. The van der Waals surface area contributed by atoms with Crippen molar-refractivity contribution in [3.63, 3.8) is 0 Å². The monoisotopic (exact) mass is 883 g/mol. The first-order valence-electron chi connectivity index (χ1n) is 25.2. The number of ether oxygens (including phenoxy) is 6. The Labute approximate surface area is 376 Å². The van der Waals surface area contributed by atoms with E-state index < -0.39 is 0 Å². The van der Waals surface area contributed by atoms with Gasteiger partial charge < -0.3 is 28.4 Å². The first-order valence-corrected chi connectivity index (χ1v) is 25.2. The highest BCUT2D eigenvalue weighted by Crippen LogP contribution is 2.13. The molecule has 0 radical (unpaired) electrons. The molecule has 0 aliphatic carbocycles. The van der Waals surface area contributed by atoms with Gasteiger partial charge in [0.05, 0.1) is 39.6 Å². The van der Waals surface area contributed by atoms with Crippen molar-refractivity contribution in [1.82, 2.24) is 0 Å². The fraction of sp³-hybridized carbons (Fsp3) is 0.880. The lowest BCUT2D eigenvalue weighted by Gasteiger charge is -2.07. The second-order valence-corrected chi connectivity index (χ2v) is 16.7. The second-order valence-electron chi connectivity index (χ2n) is 16.7. The van der Waals surface area contributed by atoms with Crippen LogP contribution in [0.25, 0.3) is 0 Å². The molecule has 0 saturated heterocycles. The summed E-state index contributed by atoms with van der Waals surface area (Å²) in [5, 5.41) is 0. The van der Waals surface area contributed by atoms with Crippen molar-refractivity contribution in [2.24, 2.45) is 0 Å². The molecule has 362 valence electrons. The molecular formula is C50H90O12. The molecule has 0 unspecified atom stereocenters. The molecule has 62 heavy (non-hydrogen) atoms. The summed E-state index contributed by atoms with van der Waals surface area (Å²) in [6.07, 6.45) is 31.0. The van der Waals surface area contributed by atoms with E-state index in [0.29, 0.717) is 104 Å². The van der Waals surface area contributed by atoms with Crippen LogP contribution in [0.5, 0.6) is 0 Å². The number of unbranched alkanes of at least 4 members (excludes halogenated alkanes) is 23. The van der Waals surface area contributed by atoms with Crippen molar-refractivity contribution in [2.75, 3.05) is 39.6 Å². The SMILES string of the molecule is CCCCCCOC(=O)CCCCCCCCC(=O)OCCCCOC(=O)CCCCCCCCC(=O)OCCCCOC(=O)CCCCCCCCC(=O)OCCCCCC. The second kappa shape index (κ2) is 47.3. The van der Waals surface area contributed by atoms with Gasteiger partial charge in [0, 0.05) is 38.5 Å². The van der Waals surface area contributed by atoms with E-state index in [9.17, 15) is 28.8 Å². The van der Waals surface area contributed by atoms with Gasteiger partial charge >= 0.3 is 35.8 Å². The molecule has 0 aromatic rings. The summed E-state index contributed by atoms with van der Waals surface area (Å²) in [7, 11) is 0. The van der Waals surface area contributed by atoms with Crippen LogP contribution in [-0.4, -0.2) is 75.5 Å². The van der Waals surface area contributed by atoms with Crippen molar-refractivity contribution >= 4 is 35.8 Å². The minimum atomic E-state index is -0.195. The number of carbonyl (C=O) groups is 6. The molecule has 0 spiro atoms. The molecule has 0 aromatic heterocycles. The Hall–Kier alpha value is -3.18. The topological polar surface area (TPSA) is 158 Å². The maximum atomic E-state index is 12.0. The first-order chi connectivity index (χ1) is 30.3. The third-order valence-corrected chi connectivity index (χ3v) is 10.7.